The van der Waals surface area contributed by atoms with E-state index in [2.05, 4.69) is 10.6 Å². The van der Waals surface area contributed by atoms with Crippen molar-refractivity contribution in [2.24, 2.45) is 0 Å². The number of hydrogen-bond donors (Lipinski definition) is 3. The van der Waals surface area contributed by atoms with Crippen molar-refractivity contribution in [3.63, 3.8) is 0 Å². The molecule has 0 aromatic heterocycles. The molecule has 0 saturated heterocycles. The molecule has 4 N–H and O–H groups in total. The van der Waals surface area contributed by atoms with E-state index in [9.17, 15) is 9.59 Å². The zero-order valence-electron chi connectivity index (χ0n) is 11.2. The molecule has 0 saturated carbocycles. The van der Waals surface area contributed by atoms with Gasteiger partial charge < -0.3 is 21.1 Å². The topological polar surface area (TPSA) is 93.5 Å². The predicted molar refractivity (Wildman–Crippen MR) is 74.0 cm³/mol. The Morgan fingerprint density at radius 1 is 1.32 bits per heavy atom. The highest BCUT2D eigenvalue weighted by atomic mass is 16.5. The van der Waals surface area contributed by atoms with Crippen LogP contribution in [0, 0.1) is 0 Å². The summed E-state index contributed by atoms with van der Waals surface area (Å²) < 4.78 is 4.94. The second kappa shape index (κ2) is 7.25. The minimum absolute atomic E-state index is 0.0501. The fourth-order valence-electron chi connectivity index (χ4n) is 1.57. The Balaban J connectivity index is 2.86. The van der Waals surface area contributed by atoms with Crippen molar-refractivity contribution in [2.45, 2.75) is 13.8 Å². The molecule has 0 spiro atoms. The molecule has 0 fully saturated rings. The number of ether oxygens (including phenoxy) is 1. The van der Waals surface area contributed by atoms with E-state index in [1.54, 1.807) is 25.1 Å². The molecule has 0 bridgehead atoms. The van der Waals surface area contributed by atoms with Crippen molar-refractivity contribution in [1.29, 1.82) is 0 Å². The van der Waals surface area contributed by atoms with E-state index in [1.807, 2.05) is 6.92 Å². The Bertz CT molecular complexity index is 460. The van der Waals surface area contributed by atoms with Gasteiger partial charge in [-0.1, -0.05) is 6.07 Å². The molecule has 104 valence electrons. The summed E-state index contributed by atoms with van der Waals surface area (Å²) >= 11 is 0. The first-order valence-corrected chi connectivity index (χ1v) is 6.16. The molecule has 0 aliphatic carbocycles. The quantitative estimate of drug-likeness (QED) is 0.527. The number of hydrogen-bond acceptors (Lipinski definition) is 5. The summed E-state index contributed by atoms with van der Waals surface area (Å²) in [6.07, 6.45) is 0. The Morgan fingerprint density at radius 3 is 2.68 bits per heavy atom. The van der Waals surface area contributed by atoms with Crippen molar-refractivity contribution in [3.05, 3.63) is 23.8 Å². The molecule has 0 aliphatic rings. The largest absolute Gasteiger partial charge is 0.462 e. The minimum Gasteiger partial charge on any atom is -0.462 e. The molecule has 0 unspecified atom stereocenters. The third-order valence-corrected chi connectivity index (χ3v) is 2.39. The first kappa shape index (κ1) is 14.8. The van der Waals surface area contributed by atoms with Gasteiger partial charge in [0.25, 0.3) is 0 Å². The van der Waals surface area contributed by atoms with E-state index in [-0.39, 0.29) is 19.1 Å². The van der Waals surface area contributed by atoms with Gasteiger partial charge in [-0.05, 0) is 26.0 Å². The SMILES string of the molecule is CCNC(=O)CNc1c(N)cccc1C(=O)OCC. The standard InChI is InChI=1S/C13H19N3O3/c1-3-15-11(17)8-16-12-9(13(18)19-4-2)6-5-7-10(12)14/h5-7,16H,3-4,8,14H2,1-2H3,(H,15,17). The van der Waals surface area contributed by atoms with Gasteiger partial charge in [-0.3, -0.25) is 4.79 Å². The molecule has 0 heterocycles. The van der Waals surface area contributed by atoms with Crippen LogP contribution in [-0.4, -0.2) is 31.6 Å². The second-order valence-electron chi connectivity index (χ2n) is 3.80. The van der Waals surface area contributed by atoms with Crippen LogP contribution in [-0.2, 0) is 9.53 Å². The molecule has 0 aliphatic heterocycles. The minimum atomic E-state index is -0.465. The number of likely N-dealkylation sites (N-methyl/N-ethyl adjacent to an activating group) is 1. The number of nitrogen functional groups attached to an aromatic ring is 1. The lowest BCUT2D eigenvalue weighted by Gasteiger charge is -2.13. The number of nitrogens with one attached hydrogen (secondary N) is 2. The summed E-state index contributed by atoms with van der Waals surface area (Å²) in [5, 5.41) is 5.52. The molecule has 1 aromatic rings. The summed E-state index contributed by atoms with van der Waals surface area (Å²) in [6.45, 7) is 4.44. The number of carbonyl (C=O) groups excluding carboxylic acids is 2. The van der Waals surface area contributed by atoms with E-state index in [0.717, 1.165) is 0 Å². The Hall–Kier alpha value is -2.24. The number of carbonyl (C=O) groups is 2. The molecule has 6 heteroatoms. The summed E-state index contributed by atoms with van der Waals surface area (Å²) in [5.74, 6) is -0.631. The van der Waals surface area contributed by atoms with E-state index in [4.69, 9.17) is 10.5 Å². The lowest BCUT2D eigenvalue weighted by molar-refractivity contribution is -0.119. The molecule has 19 heavy (non-hydrogen) atoms. The molecule has 6 nitrogen and oxygen atoms in total. The normalized spacial score (nSPS) is 9.79. The van der Waals surface area contributed by atoms with Crippen molar-refractivity contribution in [2.75, 3.05) is 30.7 Å². The van der Waals surface area contributed by atoms with E-state index in [1.165, 1.54) is 0 Å². The Labute approximate surface area is 112 Å². The highest BCUT2D eigenvalue weighted by molar-refractivity contribution is 5.99. The maximum absolute atomic E-state index is 11.8. The van der Waals surface area contributed by atoms with Crippen LogP contribution in [0.1, 0.15) is 24.2 Å². The lowest BCUT2D eigenvalue weighted by atomic mass is 10.1. The van der Waals surface area contributed by atoms with Gasteiger partial charge in [0, 0.05) is 6.54 Å². The van der Waals surface area contributed by atoms with Crippen LogP contribution < -0.4 is 16.4 Å². The maximum Gasteiger partial charge on any atom is 0.340 e. The zero-order valence-corrected chi connectivity index (χ0v) is 11.2. The van der Waals surface area contributed by atoms with Gasteiger partial charge in [0.1, 0.15) is 0 Å². The summed E-state index contributed by atoms with van der Waals surface area (Å²) in [6, 6.07) is 4.93. The number of para-hydroxylation sites is 1. The molecule has 0 atom stereocenters. The van der Waals surface area contributed by atoms with Gasteiger partial charge in [-0.15, -0.1) is 0 Å². The highest BCUT2D eigenvalue weighted by Crippen LogP contribution is 2.23. The smallest absolute Gasteiger partial charge is 0.340 e. The molecule has 1 amide bonds. The average molecular weight is 265 g/mol. The van der Waals surface area contributed by atoms with E-state index >= 15 is 0 Å². The second-order valence-corrected chi connectivity index (χ2v) is 3.80. The van der Waals surface area contributed by atoms with Crippen molar-refractivity contribution < 1.29 is 14.3 Å². The van der Waals surface area contributed by atoms with Crippen LogP contribution in [0.3, 0.4) is 0 Å². The summed E-state index contributed by atoms with van der Waals surface area (Å²) in [5.41, 5.74) is 6.96. The summed E-state index contributed by atoms with van der Waals surface area (Å²) in [4.78, 5) is 23.2. The fourth-order valence-corrected chi connectivity index (χ4v) is 1.57. The van der Waals surface area contributed by atoms with Gasteiger partial charge in [-0.2, -0.15) is 0 Å². The van der Waals surface area contributed by atoms with Gasteiger partial charge >= 0.3 is 5.97 Å². The van der Waals surface area contributed by atoms with Crippen molar-refractivity contribution >= 4 is 23.3 Å². The number of benzene rings is 1. The van der Waals surface area contributed by atoms with Crippen molar-refractivity contribution in [1.82, 2.24) is 5.32 Å². The Kier molecular flexibility index (Phi) is 5.66. The third-order valence-electron chi connectivity index (χ3n) is 2.39. The number of anilines is 2. The molecule has 1 rings (SSSR count). The number of amides is 1. The first-order valence-electron chi connectivity index (χ1n) is 6.16. The van der Waals surface area contributed by atoms with Gasteiger partial charge in [0.15, 0.2) is 0 Å². The number of esters is 1. The van der Waals surface area contributed by atoms with Crippen molar-refractivity contribution in [3.8, 4) is 0 Å². The van der Waals surface area contributed by atoms with E-state index < -0.39 is 5.97 Å². The molecule has 0 radical (unpaired) electrons. The maximum atomic E-state index is 11.8. The number of nitrogens with two attached hydrogens (primary N) is 1. The number of rotatable bonds is 6. The third kappa shape index (κ3) is 4.17. The zero-order chi connectivity index (χ0) is 14.3. The molecular weight excluding hydrogens is 246 g/mol. The summed E-state index contributed by atoms with van der Waals surface area (Å²) in [7, 11) is 0. The van der Waals surface area contributed by atoms with Crippen LogP contribution in [0.25, 0.3) is 0 Å². The monoisotopic (exact) mass is 265 g/mol. The average Bonchev–Trinajstić information content (AvgIpc) is 2.37. The van der Waals surface area contributed by atoms with Crippen LogP contribution in [0.5, 0.6) is 0 Å². The van der Waals surface area contributed by atoms with Crippen LogP contribution in [0.4, 0.5) is 11.4 Å². The van der Waals surface area contributed by atoms with Gasteiger partial charge in [0.05, 0.1) is 30.1 Å². The molecular formula is C13H19N3O3. The van der Waals surface area contributed by atoms with E-state index in [0.29, 0.717) is 23.5 Å². The van der Waals surface area contributed by atoms with Gasteiger partial charge in [-0.25, -0.2) is 4.79 Å². The first-order chi connectivity index (χ1) is 9.10. The highest BCUT2D eigenvalue weighted by Gasteiger charge is 2.15. The fraction of sp³-hybridized carbons (Fsp3) is 0.385. The molecule has 1 aromatic carbocycles. The van der Waals surface area contributed by atoms with Crippen LogP contribution in [0.15, 0.2) is 18.2 Å². The van der Waals surface area contributed by atoms with Crippen LogP contribution in [0.2, 0.25) is 0 Å². The Morgan fingerprint density at radius 2 is 2.05 bits per heavy atom. The van der Waals surface area contributed by atoms with Crippen LogP contribution >= 0.6 is 0 Å². The predicted octanol–water partition coefficient (Wildman–Crippen LogP) is 0.993. The van der Waals surface area contributed by atoms with Gasteiger partial charge in [0.2, 0.25) is 5.91 Å². The lowest BCUT2D eigenvalue weighted by Crippen LogP contribution is -2.30.